The molecule has 0 saturated carbocycles. The molecule has 0 atom stereocenters. The van der Waals surface area contributed by atoms with Crippen LogP contribution in [0.3, 0.4) is 0 Å². The summed E-state index contributed by atoms with van der Waals surface area (Å²) in [6.07, 6.45) is 1.58. The molecule has 0 bridgehead atoms. The molecule has 0 N–H and O–H groups in total. The highest BCUT2D eigenvalue weighted by Gasteiger charge is 2.17. The normalized spacial score (nSPS) is 13.7. The van der Waals surface area contributed by atoms with Crippen LogP contribution in [0, 0.1) is 0 Å². The average Bonchev–Trinajstić information content (AvgIpc) is 2.33. The Labute approximate surface area is 85.9 Å². The molecule has 0 radical (unpaired) electrons. The van der Waals surface area contributed by atoms with Gasteiger partial charge >= 0.3 is 0 Å². The van der Waals surface area contributed by atoms with E-state index in [-0.39, 0.29) is 5.91 Å². The Morgan fingerprint density at radius 1 is 1.25 bits per heavy atom. The van der Waals surface area contributed by atoms with Crippen molar-refractivity contribution in [1.29, 1.82) is 0 Å². The van der Waals surface area contributed by atoms with Gasteiger partial charge in [-0.2, -0.15) is 0 Å². The summed E-state index contributed by atoms with van der Waals surface area (Å²) in [7, 11) is 0. The van der Waals surface area contributed by atoms with E-state index in [9.17, 15) is 4.79 Å². The number of halogens is 2. The van der Waals surface area contributed by atoms with Crippen molar-refractivity contribution in [3.05, 3.63) is 32.2 Å². The van der Waals surface area contributed by atoms with Gasteiger partial charge < -0.3 is 0 Å². The van der Waals surface area contributed by atoms with Crippen LogP contribution in [0.4, 0.5) is 0 Å². The van der Waals surface area contributed by atoms with Crippen LogP contribution in [0.15, 0.2) is 26.1 Å². The van der Waals surface area contributed by atoms with Gasteiger partial charge in [-0.1, -0.05) is 31.9 Å². The van der Waals surface area contributed by atoms with Crippen molar-refractivity contribution in [2.75, 3.05) is 0 Å². The Morgan fingerprint density at radius 3 is 2.75 bits per heavy atom. The minimum Gasteiger partial charge on any atom is -0.267 e. The third kappa shape index (κ3) is 1.15. The predicted octanol–water partition coefficient (Wildman–Crippen LogP) is 2.78. The van der Waals surface area contributed by atoms with E-state index in [2.05, 4.69) is 36.9 Å². The number of aliphatic imine (C=N–C) groups is 1. The third-order valence-electron chi connectivity index (χ3n) is 1.64. The van der Waals surface area contributed by atoms with E-state index in [1.807, 2.05) is 6.07 Å². The number of fused-ring (bicyclic) bond motifs is 1. The predicted molar refractivity (Wildman–Crippen MR) is 53.8 cm³/mol. The highest BCUT2D eigenvalue weighted by molar-refractivity contribution is 9.11. The van der Waals surface area contributed by atoms with Gasteiger partial charge in [-0.05, 0) is 12.1 Å². The topological polar surface area (TPSA) is 29.4 Å². The fourth-order valence-electron chi connectivity index (χ4n) is 1.09. The van der Waals surface area contributed by atoms with Crippen LogP contribution in [-0.4, -0.2) is 12.1 Å². The molecule has 60 valence electrons. The lowest BCUT2D eigenvalue weighted by molar-refractivity contribution is 0.101. The Morgan fingerprint density at radius 2 is 2.00 bits per heavy atom. The zero-order valence-corrected chi connectivity index (χ0v) is 9.02. The zero-order valence-electron chi connectivity index (χ0n) is 5.84. The van der Waals surface area contributed by atoms with Gasteiger partial charge in [-0.3, -0.25) is 4.79 Å². The smallest absolute Gasteiger partial charge is 0.267 e. The van der Waals surface area contributed by atoms with Crippen molar-refractivity contribution >= 4 is 44.0 Å². The summed E-state index contributed by atoms with van der Waals surface area (Å²) in [6.45, 7) is 0. The molecule has 1 aliphatic rings. The summed E-state index contributed by atoms with van der Waals surface area (Å²) < 4.78 is 1.77. The van der Waals surface area contributed by atoms with Gasteiger partial charge in [0, 0.05) is 20.7 Å². The van der Waals surface area contributed by atoms with Gasteiger partial charge in [-0.25, -0.2) is 4.99 Å². The Bertz CT molecular complexity index is 398. The molecule has 0 fully saturated rings. The minimum atomic E-state index is -0.174. The lowest BCUT2D eigenvalue weighted by Crippen LogP contribution is -1.92. The SMILES string of the molecule is O=C1N=Cc2c(Br)cc(Br)cc21. The van der Waals surface area contributed by atoms with Crippen molar-refractivity contribution in [3.8, 4) is 0 Å². The second-order valence-electron chi connectivity index (χ2n) is 2.41. The molecule has 1 aromatic carbocycles. The van der Waals surface area contributed by atoms with Crippen LogP contribution in [0.2, 0.25) is 0 Å². The number of benzene rings is 1. The summed E-state index contributed by atoms with van der Waals surface area (Å²) in [4.78, 5) is 14.8. The van der Waals surface area contributed by atoms with Crippen LogP contribution in [-0.2, 0) is 0 Å². The van der Waals surface area contributed by atoms with Gasteiger partial charge in [0.2, 0.25) is 0 Å². The van der Waals surface area contributed by atoms with E-state index >= 15 is 0 Å². The minimum absolute atomic E-state index is 0.174. The van der Waals surface area contributed by atoms with Crippen molar-refractivity contribution in [2.24, 2.45) is 4.99 Å². The number of hydrogen-bond acceptors (Lipinski definition) is 1. The highest BCUT2D eigenvalue weighted by atomic mass is 79.9. The maximum absolute atomic E-state index is 11.1. The standard InChI is InChI=1S/C8H3Br2NO/c9-4-1-5-6(7(10)2-4)3-11-8(5)12/h1-3H. The quantitative estimate of drug-likeness (QED) is 0.722. The van der Waals surface area contributed by atoms with Gasteiger partial charge in [0.15, 0.2) is 0 Å². The average molecular weight is 289 g/mol. The fourth-order valence-corrected chi connectivity index (χ4v) is 2.41. The van der Waals surface area contributed by atoms with E-state index in [1.54, 1.807) is 12.3 Å². The molecule has 0 saturated heterocycles. The van der Waals surface area contributed by atoms with E-state index in [4.69, 9.17) is 0 Å². The van der Waals surface area contributed by atoms with Gasteiger partial charge in [0.1, 0.15) is 0 Å². The van der Waals surface area contributed by atoms with Crippen LogP contribution in [0.5, 0.6) is 0 Å². The molecule has 12 heavy (non-hydrogen) atoms. The zero-order chi connectivity index (χ0) is 8.72. The molecular formula is C8H3Br2NO. The molecular weight excluding hydrogens is 286 g/mol. The molecule has 4 heteroatoms. The Hall–Kier alpha value is -0.480. The molecule has 2 nitrogen and oxygen atoms in total. The van der Waals surface area contributed by atoms with Gasteiger partial charge in [-0.15, -0.1) is 0 Å². The number of hydrogen-bond donors (Lipinski definition) is 0. The van der Waals surface area contributed by atoms with Crippen molar-refractivity contribution < 1.29 is 4.79 Å². The van der Waals surface area contributed by atoms with Crippen molar-refractivity contribution in [2.45, 2.75) is 0 Å². The molecule has 1 heterocycles. The van der Waals surface area contributed by atoms with E-state index in [0.29, 0.717) is 5.56 Å². The van der Waals surface area contributed by atoms with Crippen molar-refractivity contribution in [1.82, 2.24) is 0 Å². The van der Waals surface area contributed by atoms with E-state index in [1.165, 1.54) is 0 Å². The maximum atomic E-state index is 11.1. The third-order valence-corrected chi connectivity index (χ3v) is 2.75. The van der Waals surface area contributed by atoms with Crippen LogP contribution in [0.1, 0.15) is 15.9 Å². The second-order valence-corrected chi connectivity index (χ2v) is 4.18. The van der Waals surface area contributed by atoms with Gasteiger partial charge in [0.25, 0.3) is 5.91 Å². The largest absolute Gasteiger partial charge is 0.277 e. The molecule has 2 rings (SSSR count). The summed E-state index contributed by atoms with van der Waals surface area (Å²) in [5.74, 6) is -0.174. The highest BCUT2D eigenvalue weighted by Crippen LogP contribution is 2.27. The van der Waals surface area contributed by atoms with Crippen molar-refractivity contribution in [3.63, 3.8) is 0 Å². The first-order valence-electron chi connectivity index (χ1n) is 3.26. The fraction of sp³-hybridized carbons (Fsp3) is 0. The van der Waals surface area contributed by atoms with Crippen LogP contribution in [0.25, 0.3) is 0 Å². The Kier molecular flexibility index (Phi) is 1.88. The number of amides is 1. The summed E-state index contributed by atoms with van der Waals surface area (Å²) >= 11 is 6.66. The molecule has 1 aromatic rings. The molecule has 0 unspecified atom stereocenters. The molecule has 0 aromatic heterocycles. The number of carbonyl (C=O) groups excluding carboxylic acids is 1. The monoisotopic (exact) mass is 287 g/mol. The number of carbonyl (C=O) groups is 1. The first kappa shape index (κ1) is 8.13. The molecule has 1 aliphatic heterocycles. The number of nitrogens with zero attached hydrogens (tertiary/aromatic N) is 1. The van der Waals surface area contributed by atoms with Crippen LogP contribution < -0.4 is 0 Å². The molecule has 0 aliphatic carbocycles. The molecule has 0 spiro atoms. The maximum Gasteiger partial charge on any atom is 0.277 e. The summed E-state index contributed by atoms with van der Waals surface area (Å²) in [5, 5.41) is 0. The second kappa shape index (κ2) is 2.78. The lowest BCUT2D eigenvalue weighted by atomic mass is 10.1. The molecule has 1 amide bonds. The van der Waals surface area contributed by atoms with E-state index < -0.39 is 0 Å². The first-order valence-corrected chi connectivity index (χ1v) is 4.84. The summed E-state index contributed by atoms with van der Waals surface area (Å²) in [5.41, 5.74) is 1.51. The summed E-state index contributed by atoms with van der Waals surface area (Å²) in [6, 6.07) is 3.67. The van der Waals surface area contributed by atoms with E-state index in [0.717, 1.165) is 14.5 Å². The Balaban J connectivity index is 2.74. The number of rotatable bonds is 0. The lowest BCUT2D eigenvalue weighted by Gasteiger charge is -1.99. The van der Waals surface area contributed by atoms with Gasteiger partial charge in [0.05, 0.1) is 5.56 Å². The van der Waals surface area contributed by atoms with Crippen LogP contribution >= 0.6 is 31.9 Å². The first-order chi connectivity index (χ1) is 5.68.